The second-order valence-corrected chi connectivity index (χ2v) is 5.89. The molecule has 1 heterocycles. The number of hydrogen-bond acceptors (Lipinski definition) is 3. The van der Waals surface area contributed by atoms with Crippen molar-refractivity contribution >= 4 is 11.6 Å². The number of hydrogen-bond donors (Lipinski definition) is 1. The summed E-state index contributed by atoms with van der Waals surface area (Å²) < 4.78 is 6.00. The van der Waals surface area contributed by atoms with Gasteiger partial charge in [0, 0.05) is 6.20 Å². The molecule has 0 aliphatic heterocycles. The summed E-state index contributed by atoms with van der Waals surface area (Å²) in [7, 11) is 0. The van der Waals surface area contributed by atoms with E-state index in [1.807, 2.05) is 44.2 Å². The molecule has 0 unspecified atom stereocenters. The summed E-state index contributed by atoms with van der Waals surface area (Å²) in [6.07, 6.45) is 3.42. The van der Waals surface area contributed by atoms with Gasteiger partial charge in [-0.25, -0.2) is 0 Å². The lowest BCUT2D eigenvalue weighted by Crippen LogP contribution is -2.33. The van der Waals surface area contributed by atoms with Gasteiger partial charge in [0.15, 0.2) is 6.10 Å². The molecule has 122 valence electrons. The molecule has 1 N–H and O–H groups in total. The van der Waals surface area contributed by atoms with Crippen LogP contribution in [0.5, 0.6) is 5.75 Å². The monoisotopic (exact) mass is 312 g/mol. The van der Waals surface area contributed by atoms with Gasteiger partial charge in [-0.3, -0.25) is 9.78 Å². The van der Waals surface area contributed by atoms with Gasteiger partial charge in [-0.1, -0.05) is 39.0 Å². The lowest BCUT2D eigenvalue weighted by molar-refractivity contribution is -0.122. The van der Waals surface area contributed by atoms with E-state index in [2.05, 4.69) is 24.1 Å². The molecule has 1 atom stereocenters. The van der Waals surface area contributed by atoms with Crippen molar-refractivity contribution in [1.82, 2.24) is 4.98 Å². The minimum atomic E-state index is -0.533. The third kappa shape index (κ3) is 4.31. The maximum Gasteiger partial charge on any atom is 0.265 e. The lowest BCUT2D eigenvalue weighted by Gasteiger charge is -2.21. The molecule has 1 amide bonds. The summed E-state index contributed by atoms with van der Waals surface area (Å²) in [6, 6.07) is 9.74. The van der Waals surface area contributed by atoms with Crippen LogP contribution in [0, 0.1) is 6.92 Å². The average molecular weight is 312 g/mol. The molecule has 0 spiro atoms. The van der Waals surface area contributed by atoms with E-state index in [9.17, 15) is 4.79 Å². The molecule has 23 heavy (non-hydrogen) atoms. The van der Waals surface area contributed by atoms with E-state index in [1.165, 1.54) is 0 Å². The van der Waals surface area contributed by atoms with Crippen molar-refractivity contribution in [3.8, 4) is 5.75 Å². The van der Waals surface area contributed by atoms with Crippen LogP contribution in [0.2, 0.25) is 0 Å². The van der Waals surface area contributed by atoms with Gasteiger partial charge in [0.1, 0.15) is 5.75 Å². The second kappa shape index (κ2) is 7.77. The summed E-state index contributed by atoms with van der Waals surface area (Å²) in [6.45, 7) is 8.11. The fourth-order valence-corrected chi connectivity index (χ4v) is 2.35. The summed E-state index contributed by atoms with van der Waals surface area (Å²) in [4.78, 5) is 16.6. The van der Waals surface area contributed by atoms with E-state index in [1.54, 1.807) is 12.4 Å². The Morgan fingerprint density at radius 3 is 2.65 bits per heavy atom. The van der Waals surface area contributed by atoms with Gasteiger partial charge in [0.05, 0.1) is 11.9 Å². The highest BCUT2D eigenvalue weighted by Gasteiger charge is 2.21. The zero-order chi connectivity index (χ0) is 16.8. The zero-order valence-electron chi connectivity index (χ0n) is 14.2. The van der Waals surface area contributed by atoms with Gasteiger partial charge in [0.25, 0.3) is 5.91 Å². The van der Waals surface area contributed by atoms with Gasteiger partial charge in [-0.2, -0.15) is 0 Å². The summed E-state index contributed by atoms with van der Waals surface area (Å²) >= 11 is 0. The third-order valence-corrected chi connectivity index (χ3v) is 3.77. The van der Waals surface area contributed by atoms with E-state index in [-0.39, 0.29) is 5.91 Å². The van der Waals surface area contributed by atoms with Gasteiger partial charge >= 0.3 is 0 Å². The molecule has 1 aromatic carbocycles. The standard InChI is InChI=1S/C19H24N2O2/c1-5-17(19(22)21-16-12-20-11-10-14(16)4)23-18-9-7-6-8-15(18)13(2)3/h6-13,17H,5H2,1-4H3,(H,21,22)/t17-/m0/s1. The molecule has 4 heteroatoms. The largest absolute Gasteiger partial charge is 0.480 e. The number of carbonyl (C=O) groups excluding carboxylic acids is 1. The van der Waals surface area contributed by atoms with Crippen LogP contribution >= 0.6 is 0 Å². The number of anilines is 1. The van der Waals surface area contributed by atoms with Crippen LogP contribution in [0.1, 0.15) is 44.2 Å². The second-order valence-electron chi connectivity index (χ2n) is 5.89. The Morgan fingerprint density at radius 2 is 2.00 bits per heavy atom. The van der Waals surface area contributed by atoms with Gasteiger partial charge in [-0.15, -0.1) is 0 Å². The van der Waals surface area contributed by atoms with E-state index in [0.29, 0.717) is 12.3 Å². The highest BCUT2D eigenvalue weighted by atomic mass is 16.5. The predicted octanol–water partition coefficient (Wildman–Crippen LogP) is 4.31. The topological polar surface area (TPSA) is 51.2 Å². The Balaban J connectivity index is 2.14. The number of rotatable bonds is 6. The molecule has 0 radical (unpaired) electrons. The van der Waals surface area contributed by atoms with Crippen molar-refractivity contribution in [3.05, 3.63) is 53.9 Å². The van der Waals surface area contributed by atoms with Crippen LogP contribution in [0.25, 0.3) is 0 Å². The summed E-state index contributed by atoms with van der Waals surface area (Å²) in [5.41, 5.74) is 2.80. The number of ether oxygens (including phenoxy) is 1. The average Bonchev–Trinajstić information content (AvgIpc) is 2.54. The maximum atomic E-state index is 12.5. The normalized spacial score (nSPS) is 12.0. The molecule has 0 bridgehead atoms. The quantitative estimate of drug-likeness (QED) is 0.864. The molecule has 0 aliphatic rings. The Bertz CT molecular complexity index is 668. The first kappa shape index (κ1) is 17.0. The fourth-order valence-electron chi connectivity index (χ4n) is 2.35. The predicted molar refractivity (Wildman–Crippen MR) is 92.8 cm³/mol. The number of pyridine rings is 1. The summed E-state index contributed by atoms with van der Waals surface area (Å²) in [5.74, 6) is 0.960. The van der Waals surface area contributed by atoms with E-state index in [0.717, 1.165) is 22.6 Å². The van der Waals surface area contributed by atoms with Crippen molar-refractivity contribution in [2.75, 3.05) is 5.32 Å². The number of para-hydroxylation sites is 1. The number of nitrogens with zero attached hydrogens (tertiary/aromatic N) is 1. The Hall–Kier alpha value is -2.36. The molecular weight excluding hydrogens is 288 g/mol. The summed E-state index contributed by atoms with van der Waals surface area (Å²) in [5, 5.41) is 2.90. The van der Waals surface area contributed by atoms with Crippen molar-refractivity contribution in [2.45, 2.75) is 46.1 Å². The number of aromatic nitrogens is 1. The van der Waals surface area contributed by atoms with E-state index in [4.69, 9.17) is 4.74 Å². The van der Waals surface area contributed by atoms with Crippen molar-refractivity contribution in [3.63, 3.8) is 0 Å². The van der Waals surface area contributed by atoms with Gasteiger partial charge in [0.2, 0.25) is 0 Å². The highest BCUT2D eigenvalue weighted by Crippen LogP contribution is 2.27. The van der Waals surface area contributed by atoms with Crippen LogP contribution in [0.3, 0.4) is 0 Å². The molecule has 0 fully saturated rings. The zero-order valence-corrected chi connectivity index (χ0v) is 14.2. The number of nitrogens with one attached hydrogen (secondary N) is 1. The maximum absolute atomic E-state index is 12.5. The minimum absolute atomic E-state index is 0.151. The lowest BCUT2D eigenvalue weighted by atomic mass is 10.0. The SMILES string of the molecule is CC[C@H](Oc1ccccc1C(C)C)C(=O)Nc1cnccc1C. The van der Waals surface area contributed by atoms with E-state index >= 15 is 0 Å². The van der Waals surface area contributed by atoms with Crippen molar-refractivity contribution < 1.29 is 9.53 Å². The Labute approximate surface area is 137 Å². The first-order valence-electron chi connectivity index (χ1n) is 8.00. The molecule has 4 nitrogen and oxygen atoms in total. The Morgan fingerprint density at radius 1 is 1.26 bits per heavy atom. The smallest absolute Gasteiger partial charge is 0.265 e. The minimum Gasteiger partial charge on any atom is -0.480 e. The Kier molecular flexibility index (Phi) is 5.74. The van der Waals surface area contributed by atoms with Crippen LogP contribution in [0.15, 0.2) is 42.7 Å². The van der Waals surface area contributed by atoms with Crippen LogP contribution < -0.4 is 10.1 Å². The number of carbonyl (C=O) groups is 1. The number of amides is 1. The molecule has 0 saturated carbocycles. The van der Waals surface area contributed by atoms with Crippen LogP contribution in [0.4, 0.5) is 5.69 Å². The van der Waals surface area contributed by atoms with Crippen LogP contribution in [-0.2, 0) is 4.79 Å². The highest BCUT2D eigenvalue weighted by molar-refractivity contribution is 5.94. The van der Waals surface area contributed by atoms with E-state index < -0.39 is 6.10 Å². The fraction of sp³-hybridized carbons (Fsp3) is 0.368. The first-order valence-corrected chi connectivity index (χ1v) is 8.00. The number of benzene rings is 1. The van der Waals surface area contributed by atoms with Crippen molar-refractivity contribution in [1.29, 1.82) is 0 Å². The van der Waals surface area contributed by atoms with Gasteiger partial charge in [-0.05, 0) is 42.5 Å². The molecule has 1 aromatic heterocycles. The van der Waals surface area contributed by atoms with Crippen LogP contribution in [-0.4, -0.2) is 17.0 Å². The van der Waals surface area contributed by atoms with Gasteiger partial charge < -0.3 is 10.1 Å². The molecular formula is C19H24N2O2. The molecule has 2 aromatic rings. The molecule has 0 aliphatic carbocycles. The third-order valence-electron chi connectivity index (χ3n) is 3.77. The van der Waals surface area contributed by atoms with Crippen molar-refractivity contribution in [2.24, 2.45) is 0 Å². The number of aryl methyl sites for hydroxylation is 1. The molecule has 0 saturated heterocycles. The first-order chi connectivity index (χ1) is 11.0. The molecule has 2 rings (SSSR count).